The number of aryl methyl sites for hydroxylation is 4. The zero-order valence-corrected chi connectivity index (χ0v) is 18.2. The molecule has 0 saturated heterocycles. The summed E-state index contributed by atoms with van der Waals surface area (Å²) in [5.74, 6) is 0.683. The Bertz CT molecular complexity index is 1480. The van der Waals surface area contributed by atoms with Crippen molar-refractivity contribution < 1.29 is 4.98 Å². The molecule has 0 unspecified atom stereocenters. The number of para-hydroxylation sites is 1. The molecule has 0 aliphatic carbocycles. The molecule has 0 saturated carbocycles. The lowest BCUT2D eigenvalue weighted by Crippen LogP contribution is -2.29. The van der Waals surface area contributed by atoms with Crippen molar-refractivity contribution in [3.8, 4) is 11.4 Å². The van der Waals surface area contributed by atoms with Crippen molar-refractivity contribution in [3.63, 3.8) is 0 Å². The Labute approximate surface area is 180 Å². The smallest absolute Gasteiger partial charge is 0.273 e. The van der Waals surface area contributed by atoms with Gasteiger partial charge in [-0.3, -0.25) is 4.57 Å². The molecule has 5 aromatic rings. The van der Waals surface area contributed by atoms with Gasteiger partial charge in [-0.1, -0.05) is 47.5 Å². The topological polar surface area (TPSA) is 53.4 Å². The van der Waals surface area contributed by atoms with Crippen LogP contribution < -0.4 is 10.7 Å². The zero-order valence-electron chi connectivity index (χ0n) is 18.2. The Kier molecular flexibility index (Phi) is 4.47. The zero-order chi connectivity index (χ0) is 21.7. The molecule has 5 rings (SSSR count). The third kappa shape index (κ3) is 3.22. The van der Waals surface area contributed by atoms with Gasteiger partial charge in [0.25, 0.3) is 5.65 Å². The van der Waals surface area contributed by atoms with Crippen LogP contribution in [0.1, 0.15) is 27.8 Å². The monoisotopic (exact) mass is 409 g/mol. The van der Waals surface area contributed by atoms with Crippen LogP contribution in [0.25, 0.3) is 27.9 Å². The maximum Gasteiger partial charge on any atom is 0.423 e. The van der Waals surface area contributed by atoms with E-state index in [0.717, 1.165) is 16.5 Å². The van der Waals surface area contributed by atoms with Gasteiger partial charge in [0.2, 0.25) is 0 Å². The number of rotatable bonds is 3. The fourth-order valence-corrected chi connectivity index (χ4v) is 4.40. The average molecular weight is 410 g/mol. The van der Waals surface area contributed by atoms with E-state index in [1.54, 1.807) is 0 Å². The molecule has 3 aromatic carbocycles. The number of H-pyrrole nitrogens is 1. The van der Waals surface area contributed by atoms with Gasteiger partial charge >= 0.3 is 11.5 Å². The van der Waals surface area contributed by atoms with Crippen molar-refractivity contribution in [3.05, 3.63) is 99.0 Å². The summed E-state index contributed by atoms with van der Waals surface area (Å²) in [6.07, 6.45) is 0. The van der Waals surface area contributed by atoms with Crippen molar-refractivity contribution in [1.82, 2.24) is 14.2 Å². The molecule has 0 radical (unpaired) electrons. The summed E-state index contributed by atoms with van der Waals surface area (Å²) in [4.78, 5) is 17.0. The molecule has 0 bridgehead atoms. The molecule has 0 fully saturated rings. The molecule has 154 valence electrons. The van der Waals surface area contributed by atoms with Crippen LogP contribution in [0.2, 0.25) is 0 Å². The number of hydrogen-bond acceptors (Lipinski definition) is 2. The predicted octanol–water partition coefficient (Wildman–Crippen LogP) is 4.41. The summed E-state index contributed by atoms with van der Waals surface area (Å²) in [6.45, 7) is 8.88. The highest BCUT2D eigenvalue weighted by Crippen LogP contribution is 2.22. The Morgan fingerprint density at radius 1 is 0.871 bits per heavy atom. The summed E-state index contributed by atoms with van der Waals surface area (Å²) in [5, 5.41) is 5.62. The minimum Gasteiger partial charge on any atom is -0.273 e. The molecular formula is C26H25N4O+. The molecule has 0 aliphatic rings. The predicted molar refractivity (Wildman–Crippen MR) is 123 cm³/mol. The van der Waals surface area contributed by atoms with E-state index < -0.39 is 0 Å². The second kappa shape index (κ2) is 7.20. The van der Waals surface area contributed by atoms with Crippen LogP contribution in [0.3, 0.4) is 0 Å². The van der Waals surface area contributed by atoms with Gasteiger partial charge in [0.15, 0.2) is 0 Å². The van der Waals surface area contributed by atoms with E-state index in [0.29, 0.717) is 18.0 Å². The van der Waals surface area contributed by atoms with Gasteiger partial charge in [0.1, 0.15) is 0 Å². The second-order valence-electron chi connectivity index (χ2n) is 8.36. The highest BCUT2D eigenvalue weighted by Gasteiger charge is 2.23. The Balaban J connectivity index is 1.76. The first-order valence-electron chi connectivity index (χ1n) is 10.5. The lowest BCUT2D eigenvalue weighted by Gasteiger charge is -2.14. The van der Waals surface area contributed by atoms with Crippen molar-refractivity contribution in [1.29, 1.82) is 0 Å². The number of aromatic nitrogens is 4. The van der Waals surface area contributed by atoms with E-state index >= 15 is 0 Å². The molecule has 2 aromatic heterocycles. The molecule has 2 heterocycles. The quantitative estimate of drug-likeness (QED) is 0.443. The molecule has 5 heteroatoms. The summed E-state index contributed by atoms with van der Waals surface area (Å²) in [7, 11) is 0. The minimum absolute atomic E-state index is 0.150. The molecule has 5 nitrogen and oxygen atoms in total. The maximum absolute atomic E-state index is 13.6. The fraction of sp³-hybridized carbons (Fsp3) is 0.192. The van der Waals surface area contributed by atoms with Crippen LogP contribution in [0.15, 0.2) is 65.5 Å². The van der Waals surface area contributed by atoms with E-state index in [-0.39, 0.29) is 5.69 Å². The molecular weight excluding hydrogens is 384 g/mol. The molecule has 0 amide bonds. The first-order valence-corrected chi connectivity index (χ1v) is 10.5. The lowest BCUT2D eigenvalue weighted by molar-refractivity contribution is -0.331. The molecule has 31 heavy (non-hydrogen) atoms. The van der Waals surface area contributed by atoms with Crippen molar-refractivity contribution in [2.75, 3.05) is 0 Å². The summed E-state index contributed by atoms with van der Waals surface area (Å²) in [6, 6.07) is 20.5. The summed E-state index contributed by atoms with van der Waals surface area (Å²) in [5.41, 5.74) is 8.39. The van der Waals surface area contributed by atoms with Crippen LogP contribution in [-0.2, 0) is 6.54 Å². The van der Waals surface area contributed by atoms with Crippen LogP contribution in [0, 0.1) is 27.7 Å². The summed E-state index contributed by atoms with van der Waals surface area (Å²) < 4.78 is 3.32. The van der Waals surface area contributed by atoms with Gasteiger partial charge in [-0.15, -0.1) is 0 Å². The van der Waals surface area contributed by atoms with Gasteiger partial charge in [-0.2, -0.15) is 0 Å². The van der Waals surface area contributed by atoms with Gasteiger partial charge in [0.05, 0.1) is 28.1 Å². The maximum atomic E-state index is 13.6. The SMILES string of the molecule is Cc1ccc(-c2nn3c(=O)n(Cc4c(C)cc(C)cc4C)c4ccccc4c3[nH+]2)cc1. The lowest BCUT2D eigenvalue weighted by atomic mass is 9.99. The number of aromatic amines is 1. The summed E-state index contributed by atoms with van der Waals surface area (Å²) >= 11 is 0. The van der Waals surface area contributed by atoms with Gasteiger partial charge < -0.3 is 0 Å². The van der Waals surface area contributed by atoms with Crippen LogP contribution in [0.4, 0.5) is 0 Å². The van der Waals surface area contributed by atoms with Gasteiger partial charge in [0, 0.05) is 0 Å². The normalized spacial score (nSPS) is 11.5. The van der Waals surface area contributed by atoms with E-state index in [4.69, 9.17) is 0 Å². The van der Waals surface area contributed by atoms with Crippen LogP contribution >= 0.6 is 0 Å². The third-order valence-electron chi connectivity index (χ3n) is 5.99. The average Bonchev–Trinajstić information content (AvgIpc) is 3.19. The molecule has 1 N–H and O–H groups in total. The van der Waals surface area contributed by atoms with Crippen LogP contribution in [0.5, 0.6) is 0 Å². The van der Waals surface area contributed by atoms with E-state index in [2.05, 4.69) is 49.9 Å². The Morgan fingerprint density at radius 3 is 2.26 bits per heavy atom. The Hall–Kier alpha value is -3.73. The number of hydrogen-bond donors (Lipinski definition) is 0. The Morgan fingerprint density at radius 2 is 1.55 bits per heavy atom. The van der Waals surface area contributed by atoms with E-state index in [9.17, 15) is 4.79 Å². The minimum atomic E-state index is -0.150. The van der Waals surface area contributed by atoms with Crippen molar-refractivity contribution in [2.24, 2.45) is 0 Å². The highest BCUT2D eigenvalue weighted by molar-refractivity contribution is 5.90. The highest BCUT2D eigenvalue weighted by atomic mass is 16.2. The second-order valence-corrected chi connectivity index (χ2v) is 8.36. The third-order valence-corrected chi connectivity index (χ3v) is 5.99. The van der Waals surface area contributed by atoms with E-state index in [1.807, 2.05) is 53.1 Å². The molecule has 0 spiro atoms. The number of nitrogens with zero attached hydrogens (tertiary/aromatic N) is 3. The fourth-order valence-electron chi connectivity index (χ4n) is 4.40. The number of benzene rings is 3. The number of fused-ring (bicyclic) bond motifs is 3. The van der Waals surface area contributed by atoms with Gasteiger partial charge in [-0.25, -0.2) is 9.78 Å². The molecule has 0 aliphatic heterocycles. The first-order chi connectivity index (χ1) is 14.9. The standard InChI is InChI=1S/C26H24N4O/c1-16-9-11-20(12-10-16)24-27-25-21-7-5-6-8-23(21)29(26(31)30(25)28-24)15-22-18(3)13-17(2)14-19(22)4/h5-14H,15H2,1-4H3/p+1. The first kappa shape index (κ1) is 19.2. The van der Waals surface area contributed by atoms with Crippen LogP contribution in [-0.4, -0.2) is 14.2 Å². The molecule has 0 atom stereocenters. The van der Waals surface area contributed by atoms with E-state index in [1.165, 1.54) is 32.3 Å². The van der Waals surface area contributed by atoms with Crippen molar-refractivity contribution >= 4 is 16.6 Å². The number of nitrogens with one attached hydrogen (secondary N) is 1. The van der Waals surface area contributed by atoms with Crippen molar-refractivity contribution in [2.45, 2.75) is 34.2 Å². The van der Waals surface area contributed by atoms with Gasteiger partial charge in [-0.05, 0) is 73.2 Å². The largest absolute Gasteiger partial charge is 0.423 e.